The van der Waals surface area contributed by atoms with Gasteiger partial charge in [-0.25, -0.2) is 4.39 Å². The fraction of sp³-hybridized carbons (Fsp3) is 0.273. The van der Waals surface area contributed by atoms with Crippen molar-refractivity contribution in [2.45, 2.75) is 19.8 Å². The van der Waals surface area contributed by atoms with E-state index in [9.17, 15) is 4.39 Å². The van der Waals surface area contributed by atoms with Crippen molar-refractivity contribution in [3.8, 4) is 0 Å². The lowest BCUT2D eigenvalue weighted by Crippen LogP contribution is -1.93. The van der Waals surface area contributed by atoms with E-state index in [1.807, 2.05) is 13.8 Å². The molecule has 0 atom stereocenters. The summed E-state index contributed by atoms with van der Waals surface area (Å²) in [4.78, 5) is 0. The fourth-order valence-corrected chi connectivity index (χ4v) is 1.12. The zero-order chi connectivity index (χ0) is 10.0. The molecule has 0 fully saturated rings. The molecule has 70 valence electrons. The van der Waals surface area contributed by atoms with Crippen molar-refractivity contribution < 1.29 is 9.50 Å². The van der Waals surface area contributed by atoms with Gasteiger partial charge in [0, 0.05) is 0 Å². The Morgan fingerprint density at radius 2 is 2.08 bits per heavy atom. The zero-order valence-electron chi connectivity index (χ0n) is 7.84. The first kappa shape index (κ1) is 9.78. The highest BCUT2D eigenvalue weighted by Gasteiger charge is 2.07. The van der Waals surface area contributed by atoms with E-state index >= 15 is 0 Å². The third-order valence-electron chi connectivity index (χ3n) is 1.97. The molecule has 0 bridgehead atoms. The molecule has 1 N–H and O–H groups in total. The summed E-state index contributed by atoms with van der Waals surface area (Å²) < 4.78 is 13.2. The lowest BCUT2D eigenvalue weighted by Gasteiger charge is -2.07. The predicted molar refractivity (Wildman–Crippen MR) is 52.2 cm³/mol. The van der Waals surface area contributed by atoms with Gasteiger partial charge >= 0.3 is 0 Å². The topological polar surface area (TPSA) is 20.2 Å². The van der Waals surface area contributed by atoms with Crippen LogP contribution in [0.2, 0.25) is 0 Å². The first-order chi connectivity index (χ1) is 6.02. The highest BCUT2D eigenvalue weighted by molar-refractivity contribution is 5.56. The minimum atomic E-state index is -0.418. The third-order valence-corrected chi connectivity index (χ3v) is 1.97. The van der Waals surface area contributed by atoms with E-state index in [0.717, 1.165) is 5.56 Å². The summed E-state index contributed by atoms with van der Waals surface area (Å²) in [5, 5.41) is 9.00. The Kier molecular flexibility index (Phi) is 2.71. The minimum absolute atomic E-state index is 0.171. The van der Waals surface area contributed by atoms with Crippen molar-refractivity contribution in [1.29, 1.82) is 0 Å². The summed E-state index contributed by atoms with van der Waals surface area (Å²) in [5.41, 5.74) is 1.09. The molecule has 0 aliphatic heterocycles. The van der Waals surface area contributed by atoms with E-state index in [1.165, 1.54) is 6.07 Å². The van der Waals surface area contributed by atoms with Gasteiger partial charge in [0.1, 0.15) is 11.6 Å². The maximum Gasteiger partial charge on any atom is 0.134 e. The highest BCUT2D eigenvalue weighted by atomic mass is 19.1. The second kappa shape index (κ2) is 3.60. The molecular formula is C11H13FO. The zero-order valence-corrected chi connectivity index (χ0v) is 7.84. The molecule has 1 aromatic carbocycles. The van der Waals surface area contributed by atoms with E-state index in [0.29, 0.717) is 0 Å². The van der Waals surface area contributed by atoms with Crippen LogP contribution in [0, 0.1) is 5.82 Å². The molecule has 1 nitrogen and oxygen atoms in total. The summed E-state index contributed by atoms with van der Waals surface area (Å²) in [6, 6.07) is 4.78. The molecule has 2 heteroatoms. The van der Waals surface area contributed by atoms with Crippen molar-refractivity contribution in [2.24, 2.45) is 0 Å². The minimum Gasteiger partial charge on any atom is -0.508 e. The second-order valence-electron chi connectivity index (χ2n) is 3.34. The first-order valence-electron chi connectivity index (χ1n) is 4.20. The number of hydrogen-bond donors (Lipinski definition) is 1. The molecule has 0 saturated heterocycles. The quantitative estimate of drug-likeness (QED) is 0.691. The number of benzene rings is 1. The molecular weight excluding hydrogens is 167 g/mol. The molecule has 0 aliphatic rings. The first-order valence-corrected chi connectivity index (χ1v) is 4.20. The van der Waals surface area contributed by atoms with Crippen molar-refractivity contribution in [3.63, 3.8) is 0 Å². The van der Waals surface area contributed by atoms with E-state index < -0.39 is 5.82 Å². The Balaban J connectivity index is 3.13. The van der Waals surface area contributed by atoms with Gasteiger partial charge in [-0.15, -0.1) is 0 Å². The second-order valence-corrected chi connectivity index (χ2v) is 3.34. The van der Waals surface area contributed by atoms with Gasteiger partial charge in [0.2, 0.25) is 0 Å². The van der Waals surface area contributed by atoms with Crippen LogP contribution in [0.5, 0.6) is 0 Å². The van der Waals surface area contributed by atoms with Crippen molar-refractivity contribution in [3.05, 3.63) is 41.7 Å². The van der Waals surface area contributed by atoms with E-state index in [1.54, 1.807) is 12.1 Å². The van der Waals surface area contributed by atoms with Gasteiger partial charge in [-0.2, -0.15) is 0 Å². The Labute approximate surface area is 77.5 Å². The number of rotatable bonds is 2. The van der Waals surface area contributed by atoms with Crippen molar-refractivity contribution in [1.82, 2.24) is 0 Å². The van der Waals surface area contributed by atoms with Gasteiger partial charge in [-0.3, -0.25) is 0 Å². The van der Waals surface area contributed by atoms with Crippen LogP contribution in [-0.2, 0) is 0 Å². The van der Waals surface area contributed by atoms with Gasteiger partial charge in [-0.05, 0) is 23.6 Å². The fourth-order valence-electron chi connectivity index (χ4n) is 1.12. The summed E-state index contributed by atoms with van der Waals surface area (Å²) in [6.45, 7) is 7.25. The van der Waals surface area contributed by atoms with E-state index in [4.69, 9.17) is 5.11 Å². The Morgan fingerprint density at radius 1 is 1.46 bits per heavy atom. The van der Waals surface area contributed by atoms with Gasteiger partial charge in [0.25, 0.3) is 0 Å². The summed E-state index contributed by atoms with van der Waals surface area (Å²) >= 11 is 0. The number of aliphatic hydroxyl groups is 1. The molecule has 13 heavy (non-hydrogen) atoms. The lowest BCUT2D eigenvalue weighted by molar-refractivity contribution is 0.504. The van der Waals surface area contributed by atoms with Gasteiger partial charge in [0.15, 0.2) is 0 Å². The van der Waals surface area contributed by atoms with Crippen LogP contribution in [0.4, 0.5) is 4.39 Å². The average molecular weight is 180 g/mol. The van der Waals surface area contributed by atoms with Crippen LogP contribution in [0.25, 0.3) is 5.76 Å². The molecule has 0 amide bonds. The maximum atomic E-state index is 13.2. The molecule has 0 radical (unpaired) electrons. The smallest absolute Gasteiger partial charge is 0.134 e. The molecule has 1 aromatic rings. The molecule has 0 spiro atoms. The highest BCUT2D eigenvalue weighted by Crippen LogP contribution is 2.20. The summed E-state index contributed by atoms with van der Waals surface area (Å²) in [5.74, 6) is -0.359. The predicted octanol–water partition coefficient (Wildman–Crippen LogP) is 3.48. The van der Waals surface area contributed by atoms with E-state index in [2.05, 4.69) is 6.58 Å². The largest absolute Gasteiger partial charge is 0.508 e. The average Bonchev–Trinajstić information content (AvgIpc) is 2.03. The van der Waals surface area contributed by atoms with Crippen molar-refractivity contribution >= 4 is 5.76 Å². The van der Waals surface area contributed by atoms with Crippen LogP contribution < -0.4 is 0 Å². The van der Waals surface area contributed by atoms with Gasteiger partial charge < -0.3 is 5.11 Å². The van der Waals surface area contributed by atoms with Gasteiger partial charge in [-0.1, -0.05) is 26.5 Å². The molecule has 0 aromatic heterocycles. The summed E-state index contributed by atoms with van der Waals surface area (Å²) in [6.07, 6.45) is 0. The third kappa shape index (κ3) is 2.08. The van der Waals surface area contributed by atoms with Gasteiger partial charge in [0.05, 0.1) is 5.56 Å². The Hall–Kier alpha value is -1.31. The Bertz CT molecular complexity index is 329. The van der Waals surface area contributed by atoms with Crippen LogP contribution in [0.3, 0.4) is 0 Å². The monoisotopic (exact) mass is 180 g/mol. The van der Waals surface area contributed by atoms with Crippen molar-refractivity contribution in [2.75, 3.05) is 0 Å². The number of hydrogen-bond acceptors (Lipinski definition) is 1. The number of halogens is 1. The van der Waals surface area contributed by atoms with Crippen LogP contribution in [-0.4, -0.2) is 5.11 Å². The molecule has 0 unspecified atom stereocenters. The Morgan fingerprint density at radius 3 is 2.46 bits per heavy atom. The standard InChI is InChI=1S/C11H13FO/c1-7(2)9-4-5-10(8(3)13)11(12)6-9/h4-7,13H,3H2,1-2H3. The van der Waals surface area contributed by atoms with Crippen LogP contribution in [0.15, 0.2) is 24.8 Å². The molecule has 1 rings (SSSR count). The van der Waals surface area contributed by atoms with Crippen LogP contribution >= 0.6 is 0 Å². The summed E-state index contributed by atoms with van der Waals surface area (Å²) in [7, 11) is 0. The van der Waals surface area contributed by atoms with E-state index in [-0.39, 0.29) is 17.2 Å². The van der Waals surface area contributed by atoms with Crippen LogP contribution in [0.1, 0.15) is 30.9 Å². The number of aliphatic hydroxyl groups excluding tert-OH is 1. The molecule has 0 saturated carbocycles. The molecule has 0 aliphatic carbocycles. The maximum absolute atomic E-state index is 13.2. The molecule has 0 heterocycles. The normalized spacial score (nSPS) is 10.5. The SMILES string of the molecule is C=C(O)c1ccc(C(C)C)cc1F. The lowest BCUT2D eigenvalue weighted by atomic mass is 10.0.